The third-order valence-corrected chi connectivity index (χ3v) is 3.76. The van der Waals surface area contributed by atoms with E-state index in [-0.39, 0.29) is 11.9 Å². The third-order valence-electron chi connectivity index (χ3n) is 3.76. The molecular weight excluding hydrogens is 238 g/mol. The van der Waals surface area contributed by atoms with Gasteiger partial charge in [0.05, 0.1) is 6.04 Å². The van der Waals surface area contributed by atoms with Crippen LogP contribution in [0.15, 0.2) is 30.5 Å². The molecule has 0 saturated carbocycles. The molecule has 1 saturated heterocycles. The molecule has 1 atom stereocenters. The molecule has 4 heteroatoms. The average molecular weight is 257 g/mol. The van der Waals surface area contributed by atoms with Gasteiger partial charge < -0.3 is 15.6 Å². The second-order valence-corrected chi connectivity index (χ2v) is 5.08. The number of hydrogen-bond donors (Lipinski definition) is 3. The first-order chi connectivity index (χ1) is 9.34. The fraction of sp³-hybridized carbons (Fsp3) is 0.400. The van der Waals surface area contributed by atoms with Crippen LogP contribution >= 0.6 is 0 Å². The van der Waals surface area contributed by atoms with Crippen LogP contribution in [0.5, 0.6) is 0 Å². The molecule has 19 heavy (non-hydrogen) atoms. The second-order valence-electron chi connectivity index (χ2n) is 5.08. The summed E-state index contributed by atoms with van der Waals surface area (Å²) in [6.45, 7) is 1.54. The van der Waals surface area contributed by atoms with Crippen molar-refractivity contribution in [2.75, 3.05) is 6.54 Å². The Hall–Kier alpha value is -1.81. The van der Waals surface area contributed by atoms with Gasteiger partial charge in [-0.2, -0.15) is 0 Å². The van der Waals surface area contributed by atoms with Crippen LogP contribution in [0.3, 0.4) is 0 Å². The van der Waals surface area contributed by atoms with E-state index >= 15 is 0 Å². The van der Waals surface area contributed by atoms with Gasteiger partial charge in [0.2, 0.25) is 5.91 Å². The Bertz CT molecular complexity index is 576. The topological polar surface area (TPSA) is 56.9 Å². The number of amides is 1. The van der Waals surface area contributed by atoms with E-state index in [4.69, 9.17) is 0 Å². The van der Waals surface area contributed by atoms with Crippen molar-refractivity contribution < 1.29 is 4.79 Å². The van der Waals surface area contributed by atoms with E-state index in [2.05, 4.69) is 33.8 Å². The number of carbonyl (C=O) groups is 1. The molecule has 1 aromatic heterocycles. The van der Waals surface area contributed by atoms with E-state index in [1.807, 2.05) is 12.3 Å². The predicted octanol–water partition coefficient (Wildman–Crippen LogP) is 1.93. The summed E-state index contributed by atoms with van der Waals surface area (Å²) in [4.78, 5) is 15.1. The van der Waals surface area contributed by atoms with Gasteiger partial charge in [0.15, 0.2) is 0 Å². The zero-order valence-corrected chi connectivity index (χ0v) is 10.9. The van der Waals surface area contributed by atoms with Crippen molar-refractivity contribution in [1.82, 2.24) is 15.6 Å². The Morgan fingerprint density at radius 1 is 1.26 bits per heavy atom. The van der Waals surface area contributed by atoms with Crippen molar-refractivity contribution in [1.29, 1.82) is 0 Å². The Morgan fingerprint density at radius 3 is 3.16 bits per heavy atom. The smallest absolute Gasteiger partial charge is 0.237 e. The molecule has 1 amide bonds. The lowest BCUT2D eigenvalue weighted by atomic mass is 10.1. The highest BCUT2D eigenvalue weighted by molar-refractivity contribution is 5.83. The minimum atomic E-state index is -0.0586. The quantitative estimate of drug-likeness (QED) is 0.787. The lowest BCUT2D eigenvalue weighted by Gasteiger charge is -2.15. The first kappa shape index (κ1) is 12.2. The van der Waals surface area contributed by atoms with Crippen LogP contribution in [-0.4, -0.2) is 23.5 Å². The number of aromatic amines is 1. The lowest BCUT2D eigenvalue weighted by Crippen LogP contribution is -2.42. The van der Waals surface area contributed by atoms with Gasteiger partial charge >= 0.3 is 0 Å². The molecule has 0 radical (unpaired) electrons. The molecule has 1 unspecified atom stereocenters. The number of nitrogens with one attached hydrogen (secondary N) is 3. The van der Waals surface area contributed by atoms with E-state index in [0.717, 1.165) is 37.9 Å². The Morgan fingerprint density at radius 2 is 2.21 bits per heavy atom. The van der Waals surface area contributed by atoms with E-state index in [0.29, 0.717) is 0 Å². The summed E-state index contributed by atoms with van der Waals surface area (Å²) in [6.07, 6.45) is 5.06. The standard InChI is InChI=1S/C15H19N3O/c19-15-14(5-1-2-8-17-15)18-10-11-4-3-6-13-12(11)7-9-16-13/h3-4,6-7,9,14,16,18H,1-2,5,8,10H2,(H,17,19). The largest absolute Gasteiger partial charge is 0.361 e. The molecule has 2 aromatic rings. The van der Waals surface area contributed by atoms with Gasteiger partial charge in [-0.05, 0) is 37.0 Å². The summed E-state index contributed by atoms with van der Waals surface area (Å²) >= 11 is 0. The second kappa shape index (κ2) is 5.45. The van der Waals surface area contributed by atoms with Gasteiger partial charge in [-0.25, -0.2) is 0 Å². The number of hydrogen-bond acceptors (Lipinski definition) is 2. The summed E-state index contributed by atoms with van der Waals surface area (Å²) in [5, 5.41) is 7.57. The van der Waals surface area contributed by atoms with Gasteiger partial charge in [0.25, 0.3) is 0 Å². The van der Waals surface area contributed by atoms with Gasteiger partial charge in [-0.1, -0.05) is 12.1 Å². The van der Waals surface area contributed by atoms with Crippen molar-refractivity contribution >= 4 is 16.8 Å². The molecule has 1 aliphatic heterocycles. The fourth-order valence-corrected chi connectivity index (χ4v) is 2.67. The van der Waals surface area contributed by atoms with E-state index in [1.165, 1.54) is 10.9 Å². The van der Waals surface area contributed by atoms with Crippen LogP contribution in [0.4, 0.5) is 0 Å². The Labute approximate surface area is 112 Å². The molecule has 0 spiro atoms. The van der Waals surface area contributed by atoms with Crippen molar-refractivity contribution in [3.05, 3.63) is 36.0 Å². The zero-order valence-electron chi connectivity index (χ0n) is 10.9. The molecular formula is C15H19N3O. The zero-order chi connectivity index (χ0) is 13.1. The van der Waals surface area contributed by atoms with Gasteiger partial charge in [0.1, 0.15) is 0 Å². The van der Waals surface area contributed by atoms with Gasteiger partial charge in [-0.3, -0.25) is 4.79 Å². The summed E-state index contributed by atoms with van der Waals surface area (Å²) in [5.74, 6) is 0.138. The summed E-state index contributed by atoms with van der Waals surface area (Å²) in [7, 11) is 0. The van der Waals surface area contributed by atoms with Crippen LogP contribution in [0, 0.1) is 0 Å². The van der Waals surface area contributed by atoms with Crippen LogP contribution in [-0.2, 0) is 11.3 Å². The molecule has 1 fully saturated rings. The van der Waals surface area contributed by atoms with Crippen molar-refractivity contribution in [2.45, 2.75) is 31.8 Å². The summed E-state index contributed by atoms with van der Waals surface area (Å²) < 4.78 is 0. The van der Waals surface area contributed by atoms with Crippen LogP contribution in [0.2, 0.25) is 0 Å². The highest BCUT2D eigenvalue weighted by Gasteiger charge is 2.19. The molecule has 0 bridgehead atoms. The van der Waals surface area contributed by atoms with Crippen molar-refractivity contribution in [3.63, 3.8) is 0 Å². The Kier molecular flexibility index (Phi) is 3.51. The predicted molar refractivity (Wildman–Crippen MR) is 75.8 cm³/mol. The number of carbonyl (C=O) groups excluding carboxylic acids is 1. The highest BCUT2D eigenvalue weighted by Crippen LogP contribution is 2.17. The van der Waals surface area contributed by atoms with Crippen LogP contribution < -0.4 is 10.6 Å². The fourth-order valence-electron chi connectivity index (χ4n) is 2.67. The lowest BCUT2D eigenvalue weighted by molar-refractivity contribution is -0.122. The van der Waals surface area contributed by atoms with E-state index in [1.54, 1.807) is 0 Å². The highest BCUT2D eigenvalue weighted by atomic mass is 16.2. The number of H-pyrrole nitrogens is 1. The summed E-state index contributed by atoms with van der Waals surface area (Å²) in [6, 6.07) is 8.24. The van der Waals surface area contributed by atoms with Crippen LogP contribution in [0.1, 0.15) is 24.8 Å². The van der Waals surface area contributed by atoms with Crippen molar-refractivity contribution in [3.8, 4) is 0 Å². The molecule has 3 N–H and O–H groups in total. The number of aromatic nitrogens is 1. The molecule has 0 aliphatic carbocycles. The maximum absolute atomic E-state index is 11.9. The number of rotatable bonds is 3. The molecule has 1 aliphatic rings. The Balaban J connectivity index is 1.71. The number of benzene rings is 1. The monoisotopic (exact) mass is 257 g/mol. The molecule has 2 heterocycles. The van der Waals surface area contributed by atoms with Gasteiger partial charge in [-0.15, -0.1) is 0 Å². The van der Waals surface area contributed by atoms with Crippen molar-refractivity contribution in [2.24, 2.45) is 0 Å². The average Bonchev–Trinajstić information content (AvgIpc) is 2.81. The molecule has 4 nitrogen and oxygen atoms in total. The summed E-state index contributed by atoms with van der Waals surface area (Å²) in [5.41, 5.74) is 2.38. The maximum Gasteiger partial charge on any atom is 0.237 e. The normalized spacial score (nSPS) is 20.2. The minimum absolute atomic E-state index is 0.0586. The van der Waals surface area contributed by atoms with E-state index < -0.39 is 0 Å². The first-order valence-corrected chi connectivity index (χ1v) is 6.91. The molecule has 1 aromatic carbocycles. The third kappa shape index (κ3) is 2.63. The van der Waals surface area contributed by atoms with Gasteiger partial charge in [0, 0.05) is 30.2 Å². The van der Waals surface area contributed by atoms with Crippen LogP contribution in [0.25, 0.3) is 10.9 Å². The minimum Gasteiger partial charge on any atom is -0.361 e. The molecule has 3 rings (SSSR count). The SMILES string of the molecule is O=C1NCCCCC1NCc1cccc2[nH]ccc12. The number of fused-ring (bicyclic) bond motifs is 1. The maximum atomic E-state index is 11.9. The molecule has 100 valence electrons. The first-order valence-electron chi connectivity index (χ1n) is 6.91. The van der Waals surface area contributed by atoms with E-state index in [9.17, 15) is 4.79 Å².